The van der Waals surface area contributed by atoms with Crippen LogP contribution in [0.5, 0.6) is 0 Å². The van der Waals surface area contributed by atoms with E-state index in [-0.39, 0.29) is 0 Å². The van der Waals surface area contributed by atoms with Gasteiger partial charge in [-0.3, -0.25) is 4.99 Å². The van der Waals surface area contributed by atoms with Crippen molar-refractivity contribution in [3.05, 3.63) is 9.28 Å². The fraction of sp³-hybridized carbons (Fsp3) is 0.500. The van der Waals surface area contributed by atoms with Gasteiger partial charge < -0.3 is 5.73 Å². The lowest BCUT2D eigenvalue weighted by molar-refractivity contribution is 1.31. The van der Waals surface area contributed by atoms with E-state index >= 15 is 0 Å². The second-order valence-corrected chi connectivity index (χ2v) is 2.88. The van der Waals surface area contributed by atoms with E-state index in [1.165, 1.54) is 0 Å². The third kappa shape index (κ3) is 2.84. The second kappa shape index (κ2) is 3.87. The van der Waals surface area contributed by atoms with Gasteiger partial charge in [0.05, 0.1) is 3.58 Å². The zero-order valence-corrected chi connectivity index (χ0v) is 8.06. The van der Waals surface area contributed by atoms with Gasteiger partial charge in [-0.05, 0) is 36.4 Å². The van der Waals surface area contributed by atoms with Gasteiger partial charge in [0.15, 0.2) is 0 Å². The van der Waals surface area contributed by atoms with Gasteiger partial charge in [0.2, 0.25) is 0 Å². The number of nitrogens with zero attached hydrogens (tertiary/aromatic N) is 1. The third-order valence-electron chi connectivity index (χ3n) is 0.999. The van der Waals surface area contributed by atoms with Crippen LogP contribution >= 0.6 is 22.6 Å². The van der Waals surface area contributed by atoms with Gasteiger partial charge in [0.25, 0.3) is 0 Å². The van der Waals surface area contributed by atoms with Crippen LogP contribution in [0.2, 0.25) is 0 Å². The maximum Gasteiger partial charge on any atom is 0.0522 e. The van der Waals surface area contributed by atoms with Gasteiger partial charge >= 0.3 is 0 Å². The molecule has 0 unspecified atom stereocenters. The van der Waals surface area contributed by atoms with Crippen molar-refractivity contribution in [1.29, 1.82) is 0 Å². The Kier molecular flexibility index (Phi) is 3.84. The molecule has 9 heavy (non-hydrogen) atoms. The van der Waals surface area contributed by atoms with Crippen LogP contribution in [0.1, 0.15) is 13.8 Å². The Balaban J connectivity index is 4.40. The third-order valence-corrected chi connectivity index (χ3v) is 2.63. The molecule has 0 saturated carbocycles. The first-order valence-electron chi connectivity index (χ1n) is 2.65. The van der Waals surface area contributed by atoms with Crippen LogP contribution in [0.15, 0.2) is 14.3 Å². The molecule has 2 N–H and O–H groups in total. The van der Waals surface area contributed by atoms with Crippen molar-refractivity contribution in [2.45, 2.75) is 13.8 Å². The number of aliphatic imine (C=N–C) groups is 1. The van der Waals surface area contributed by atoms with Crippen molar-refractivity contribution >= 4 is 28.3 Å². The fourth-order valence-electron chi connectivity index (χ4n) is 0.384. The van der Waals surface area contributed by atoms with E-state index in [9.17, 15) is 0 Å². The minimum atomic E-state index is 0.832. The van der Waals surface area contributed by atoms with Gasteiger partial charge in [0.1, 0.15) is 0 Å². The average Bonchev–Trinajstić information content (AvgIpc) is 1.84. The quantitative estimate of drug-likeness (QED) is 0.548. The molecule has 0 atom stereocenters. The lowest BCUT2D eigenvalue weighted by atomic mass is 10.3. The lowest BCUT2D eigenvalue weighted by Gasteiger charge is -1.97. The lowest BCUT2D eigenvalue weighted by Crippen LogP contribution is -2.00. The first-order valence-corrected chi connectivity index (χ1v) is 3.73. The number of hydrogen-bond acceptors (Lipinski definition) is 2. The molecule has 0 spiro atoms. The highest BCUT2D eigenvalue weighted by Crippen LogP contribution is 2.10. The maximum atomic E-state index is 5.50. The molecule has 0 aliphatic rings. The highest BCUT2D eigenvalue weighted by Gasteiger charge is 1.96. The second-order valence-electron chi connectivity index (χ2n) is 1.81. The molecule has 3 heteroatoms. The van der Waals surface area contributed by atoms with Crippen molar-refractivity contribution in [2.24, 2.45) is 10.7 Å². The van der Waals surface area contributed by atoms with Crippen LogP contribution in [0.3, 0.4) is 0 Å². The number of nitrogens with two attached hydrogens (primary N) is 1. The molecular weight excluding hydrogens is 227 g/mol. The zero-order chi connectivity index (χ0) is 7.44. The highest BCUT2D eigenvalue weighted by molar-refractivity contribution is 14.1. The van der Waals surface area contributed by atoms with E-state index in [0.29, 0.717) is 0 Å². The van der Waals surface area contributed by atoms with Crippen molar-refractivity contribution in [2.75, 3.05) is 7.05 Å². The zero-order valence-electron chi connectivity index (χ0n) is 5.90. The van der Waals surface area contributed by atoms with Gasteiger partial charge in [0, 0.05) is 18.5 Å². The Bertz CT molecular complexity index is 154. The molecule has 0 rings (SSSR count). The molecule has 52 valence electrons. The highest BCUT2D eigenvalue weighted by atomic mass is 127. The molecule has 0 aromatic rings. The molecule has 0 aromatic heterocycles. The molecule has 0 aliphatic carbocycles. The summed E-state index contributed by atoms with van der Waals surface area (Å²) in [5.41, 5.74) is 7.33. The van der Waals surface area contributed by atoms with Crippen LogP contribution in [0.4, 0.5) is 0 Å². The minimum absolute atomic E-state index is 0.832. The minimum Gasteiger partial charge on any atom is -0.401 e. The van der Waals surface area contributed by atoms with E-state index in [2.05, 4.69) is 27.6 Å². The molecule has 0 amide bonds. The van der Waals surface area contributed by atoms with Crippen LogP contribution < -0.4 is 5.73 Å². The Morgan fingerprint density at radius 3 is 2.00 bits per heavy atom. The summed E-state index contributed by atoms with van der Waals surface area (Å²) in [7, 11) is 1.76. The summed E-state index contributed by atoms with van der Waals surface area (Å²) in [6, 6.07) is 0. The Morgan fingerprint density at radius 1 is 1.44 bits per heavy atom. The van der Waals surface area contributed by atoms with Crippen molar-refractivity contribution in [3.63, 3.8) is 0 Å². The normalized spacial score (nSPS) is 15.3. The van der Waals surface area contributed by atoms with Gasteiger partial charge in [-0.1, -0.05) is 0 Å². The maximum absolute atomic E-state index is 5.50. The fourth-order valence-corrected chi connectivity index (χ4v) is 0.625. The standard InChI is InChI=1S/C6H11IN2/c1-4(8)6(7)5(2)9-3/h8H2,1-3H3. The summed E-state index contributed by atoms with van der Waals surface area (Å²) in [6.45, 7) is 3.81. The van der Waals surface area contributed by atoms with Gasteiger partial charge in [-0.25, -0.2) is 0 Å². The Hall–Kier alpha value is -0.0600. The topological polar surface area (TPSA) is 38.4 Å². The molecule has 0 aliphatic heterocycles. The van der Waals surface area contributed by atoms with Crippen LogP contribution in [-0.4, -0.2) is 12.8 Å². The van der Waals surface area contributed by atoms with E-state index in [1.807, 2.05) is 13.8 Å². The SMILES string of the molecule is CN=C(C)C(I)=C(C)N. The number of halogens is 1. The number of hydrogen-bond donors (Lipinski definition) is 1. The predicted molar refractivity (Wildman–Crippen MR) is 49.9 cm³/mol. The summed E-state index contributed by atoms with van der Waals surface area (Å²) in [5.74, 6) is 0. The first-order chi connectivity index (χ1) is 4.09. The first kappa shape index (κ1) is 8.94. The summed E-state index contributed by atoms with van der Waals surface area (Å²) < 4.78 is 1.05. The van der Waals surface area contributed by atoms with E-state index in [1.54, 1.807) is 7.05 Å². The van der Waals surface area contributed by atoms with Gasteiger partial charge in [-0.15, -0.1) is 0 Å². The molecule has 0 fully saturated rings. The summed E-state index contributed by atoms with van der Waals surface area (Å²) in [5, 5.41) is 0. The molecule has 0 heterocycles. The Labute approximate surface area is 69.4 Å². The van der Waals surface area contributed by atoms with E-state index in [0.717, 1.165) is 15.0 Å². The summed E-state index contributed by atoms with van der Waals surface area (Å²) in [6.07, 6.45) is 0. The van der Waals surface area contributed by atoms with Crippen LogP contribution in [-0.2, 0) is 0 Å². The van der Waals surface area contributed by atoms with Crippen molar-refractivity contribution < 1.29 is 0 Å². The molecule has 0 bridgehead atoms. The molecule has 0 aromatic carbocycles. The summed E-state index contributed by atoms with van der Waals surface area (Å²) >= 11 is 2.18. The van der Waals surface area contributed by atoms with Crippen molar-refractivity contribution in [3.8, 4) is 0 Å². The smallest absolute Gasteiger partial charge is 0.0522 e. The molecule has 0 saturated heterocycles. The largest absolute Gasteiger partial charge is 0.401 e. The van der Waals surface area contributed by atoms with E-state index < -0.39 is 0 Å². The van der Waals surface area contributed by atoms with Gasteiger partial charge in [-0.2, -0.15) is 0 Å². The molecule has 0 radical (unpaired) electrons. The number of rotatable bonds is 1. The van der Waals surface area contributed by atoms with Crippen LogP contribution in [0, 0.1) is 0 Å². The number of allylic oxidation sites excluding steroid dienone is 2. The molecular formula is C6H11IN2. The summed E-state index contributed by atoms with van der Waals surface area (Å²) in [4.78, 5) is 3.98. The van der Waals surface area contributed by atoms with Crippen LogP contribution in [0.25, 0.3) is 0 Å². The monoisotopic (exact) mass is 238 g/mol. The Morgan fingerprint density at radius 2 is 1.89 bits per heavy atom. The molecule has 2 nitrogen and oxygen atoms in total. The van der Waals surface area contributed by atoms with Crippen molar-refractivity contribution in [1.82, 2.24) is 0 Å². The predicted octanol–water partition coefficient (Wildman–Crippen LogP) is 1.70. The van der Waals surface area contributed by atoms with E-state index in [4.69, 9.17) is 5.73 Å². The average molecular weight is 238 g/mol.